The SMILES string of the molecule is CN=C(NCC(O)c1cnn(C)c1)NC1C2CCOC2C1(C)C.I. The lowest BCUT2D eigenvalue weighted by Crippen LogP contribution is -2.68. The molecule has 2 heterocycles. The molecule has 0 spiro atoms. The Hall–Kier alpha value is -0.870. The number of aliphatic imine (C=N–C) groups is 1. The molecular weight excluding hydrogens is 421 g/mol. The van der Waals surface area contributed by atoms with Crippen molar-refractivity contribution in [3.8, 4) is 0 Å². The van der Waals surface area contributed by atoms with Crippen molar-refractivity contribution in [1.29, 1.82) is 0 Å². The van der Waals surface area contributed by atoms with Gasteiger partial charge < -0.3 is 20.5 Å². The molecule has 2 aliphatic rings. The molecule has 7 nitrogen and oxygen atoms in total. The van der Waals surface area contributed by atoms with E-state index in [0.717, 1.165) is 24.6 Å². The van der Waals surface area contributed by atoms with Crippen LogP contribution in [0.25, 0.3) is 0 Å². The van der Waals surface area contributed by atoms with Crippen molar-refractivity contribution in [2.24, 2.45) is 23.4 Å². The molecule has 8 heteroatoms. The summed E-state index contributed by atoms with van der Waals surface area (Å²) in [7, 11) is 3.59. The summed E-state index contributed by atoms with van der Waals surface area (Å²) in [4.78, 5) is 4.28. The zero-order chi connectivity index (χ0) is 16.6. The molecule has 2 fully saturated rings. The van der Waals surface area contributed by atoms with Gasteiger partial charge in [0.2, 0.25) is 0 Å². The summed E-state index contributed by atoms with van der Waals surface area (Å²) in [5.41, 5.74) is 0.893. The Kier molecular flexibility index (Phi) is 6.14. The molecule has 1 saturated carbocycles. The Morgan fingerprint density at radius 2 is 2.33 bits per heavy atom. The topological polar surface area (TPSA) is 83.7 Å². The third kappa shape index (κ3) is 3.55. The van der Waals surface area contributed by atoms with Gasteiger partial charge in [0.1, 0.15) is 0 Å². The largest absolute Gasteiger partial charge is 0.386 e. The highest BCUT2D eigenvalue weighted by molar-refractivity contribution is 14.0. The Balaban J connectivity index is 0.00000208. The van der Waals surface area contributed by atoms with Crippen molar-refractivity contribution in [3.05, 3.63) is 18.0 Å². The maximum Gasteiger partial charge on any atom is 0.191 e. The number of aliphatic hydroxyl groups excluding tert-OH is 1. The van der Waals surface area contributed by atoms with Crippen LogP contribution in [-0.4, -0.2) is 53.2 Å². The summed E-state index contributed by atoms with van der Waals surface area (Å²) < 4.78 is 7.50. The van der Waals surface area contributed by atoms with Gasteiger partial charge in [-0.15, -0.1) is 24.0 Å². The van der Waals surface area contributed by atoms with Crippen LogP contribution in [0.4, 0.5) is 0 Å². The number of aryl methyl sites for hydroxylation is 1. The van der Waals surface area contributed by atoms with E-state index in [0.29, 0.717) is 24.6 Å². The van der Waals surface area contributed by atoms with Crippen LogP contribution in [0.1, 0.15) is 31.9 Å². The number of ether oxygens (including phenoxy) is 1. The highest BCUT2D eigenvalue weighted by Crippen LogP contribution is 2.52. The molecule has 136 valence electrons. The fraction of sp³-hybridized carbons (Fsp3) is 0.750. The second-order valence-electron chi connectivity index (χ2n) is 7.10. The molecule has 0 radical (unpaired) electrons. The van der Waals surface area contributed by atoms with Gasteiger partial charge in [-0.1, -0.05) is 13.8 Å². The number of guanidine groups is 1. The van der Waals surface area contributed by atoms with Crippen molar-refractivity contribution in [2.75, 3.05) is 20.2 Å². The van der Waals surface area contributed by atoms with E-state index in [1.54, 1.807) is 17.9 Å². The Labute approximate surface area is 160 Å². The molecule has 4 unspecified atom stereocenters. The summed E-state index contributed by atoms with van der Waals surface area (Å²) >= 11 is 0. The third-order valence-electron chi connectivity index (χ3n) is 5.19. The fourth-order valence-electron chi connectivity index (χ4n) is 3.88. The predicted octanol–water partition coefficient (Wildman–Crippen LogP) is 1.05. The molecule has 0 aromatic carbocycles. The zero-order valence-corrected chi connectivity index (χ0v) is 17.0. The quantitative estimate of drug-likeness (QED) is 0.364. The van der Waals surface area contributed by atoms with Crippen LogP contribution >= 0.6 is 24.0 Å². The first-order valence-corrected chi connectivity index (χ1v) is 8.19. The van der Waals surface area contributed by atoms with Gasteiger partial charge in [-0.25, -0.2) is 0 Å². The molecule has 0 bridgehead atoms. The maximum absolute atomic E-state index is 10.2. The van der Waals surface area contributed by atoms with E-state index < -0.39 is 6.10 Å². The lowest BCUT2D eigenvalue weighted by atomic mass is 9.57. The standard InChI is InChI=1S/C16H27N5O2.HI/c1-16(2)13(11-5-6-23-14(11)16)20-15(17-3)18-8-12(22)10-7-19-21(4)9-10;/h7,9,11-14,22H,5-6,8H2,1-4H3,(H2,17,18,20);1H. The number of rotatable bonds is 4. The number of hydrogen-bond acceptors (Lipinski definition) is 4. The van der Waals surface area contributed by atoms with Crippen LogP contribution in [0.3, 0.4) is 0 Å². The van der Waals surface area contributed by atoms with Gasteiger partial charge in [-0.2, -0.15) is 5.10 Å². The number of fused-ring (bicyclic) bond motifs is 1. The number of nitrogens with zero attached hydrogens (tertiary/aromatic N) is 3. The fourth-order valence-corrected chi connectivity index (χ4v) is 3.88. The van der Waals surface area contributed by atoms with E-state index in [-0.39, 0.29) is 29.4 Å². The average Bonchev–Trinajstić information content (AvgIpc) is 3.14. The lowest BCUT2D eigenvalue weighted by molar-refractivity contribution is -0.106. The third-order valence-corrected chi connectivity index (χ3v) is 5.19. The van der Waals surface area contributed by atoms with Gasteiger partial charge in [0.05, 0.1) is 18.4 Å². The van der Waals surface area contributed by atoms with E-state index in [1.165, 1.54) is 0 Å². The smallest absolute Gasteiger partial charge is 0.191 e. The number of halogens is 1. The minimum atomic E-state index is -0.612. The molecule has 3 rings (SSSR count). The molecule has 1 aliphatic carbocycles. The second kappa shape index (κ2) is 7.57. The molecule has 24 heavy (non-hydrogen) atoms. The van der Waals surface area contributed by atoms with Gasteiger partial charge in [0.15, 0.2) is 5.96 Å². The first-order valence-electron chi connectivity index (χ1n) is 8.19. The van der Waals surface area contributed by atoms with Crippen LogP contribution in [0, 0.1) is 11.3 Å². The summed E-state index contributed by atoms with van der Waals surface area (Å²) in [6.45, 7) is 5.70. The van der Waals surface area contributed by atoms with Crippen LogP contribution in [-0.2, 0) is 11.8 Å². The van der Waals surface area contributed by atoms with Crippen molar-refractivity contribution in [2.45, 2.75) is 38.5 Å². The number of hydrogen-bond donors (Lipinski definition) is 3. The monoisotopic (exact) mass is 449 g/mol. The number of nitrogens with one attached hydrogen (secondary N) is 2. The molecule has 1 saturated heterocycles. The minimum absolute atomic E-state index is 0. The van der Waals surface area contributed by atoms with Gasteiger partial charge in [0, 0.05) is 56.4 Å². The second-order valence-corrected chi connectivity index (χ2v) is 7.10. The lowest BCUT2D eigenvalue weighted by Gasteiger charge is -2.54. The Morgan fingerprint density at radius 3 is 2.96 bits per heavy atom. The summed E-state index contributed by atoms with van der Waals surface area (Å²) in [6.07, 6.45) is 4.33. The van der Waals surface area contributed by atoms with Gasteiger partial charge in [-0.3, -0.25) is 9.67 Å². The molecule has 1 aromatic heterocycles. The van der Waals surface area contributed by atoms with E-state index >= 15 is 0 Å². The summed E-state index contributed by atoms with van der Waals surface area (Å²) in [5.74, 6) is 1.27. The van der Waals surface area contributed by atoms with E-state index in [4.69, 9.17) is 4.74 Å². The molecule has 0 amide bonds. The Morgan fingerprint density at radius 1 is 1.58 bits per heavy atom. The molecule has 4 atom stereocenters. The zero-order valence-electron chi connectivity index (χ0n) is 14.7. The minimum Gasteiger partial charge on any atom is -0.386 e. The highest BCUT2D eigenvalue weighted by atomic mass is 127. The van der Waals surface area contributed by atoms with Crippen LogP contribution in [0.5, 0.6) is 0 Å². The molecule has 1 aliphatic heterocycles. The maximum atomic E-state index is 10.2. The number of aliphatic hydroxyl groups is 1. The van der Waals surface area contributed by atoms with E-state index in [9.17, 15) is 5.11 Å². The van der Waals surface area contributed by atoms with Crippen LogP contribution in [0.15, 0.2) is 17.4 Å². The van der Waals surface area contributed by atoms with Crippen molar-refractivity contribution < 1.29 is 9.84 Å². The van der Waals surface area contributed by atoms with E-state index in [2.05, 4.69) is 34.6 Å². The molecular formula is C16H28IN5O2. The van der Waals surface area contributed by atoms with Crippen molar-refractivity contribution in [1.82, 2.24) is 20.4 Å². The van der Waals surface area contributed by atoms with Crippen LogP contribution < -0.4 is 10.6 Å². The first-order chi connectivity index (χ1) is 10.9. The van der Waals surface area contributed by atoms with Crippen molar-refractivity contribution >= 4 is 29.9 Å². The predicted molar refractivity (Wildman–Crippen MR) is 103 cm³/mol. The van der Waals surface area contributed by atoms with Crippen LogP contribution in [0.2, 0.25) is 0 Å². The number of aromatic nitrogens is 2. The van der Waals surface area contributed by atoms with E-state index in [1.807, 2.05) is 13.2 Å². The summed E-state index contributed by atoms with van der Waals surface area (Å²) in [5, 5.41) is 21.0. The molecule has 1 aromatic rings. The van der Waals surface area contributed by atoms with Crippen molar-refractivity contribution in [3.63, 3.8) is 0 Å². The van der Waals surface area contributed by atoms with Gasteiger partial charge in [0.25, 0.3) is 0 Å². The van der Waals surface area contributed by atoms with Gasteiger partial charge in [-0.05, 0) is 6.42 Å². The summed E-state index contributed by atoms with van der Waals surface area (Å²) in [6, 6.07) is 0.344. The Bertz CT molecular complexity index is 589. The highest BCUT2D eigenvalue weighted by Gasteiger charge is 2.59. The molecule has 3 N–H and O–H groups in total. The average molecular weight is 449 g/mol. The van der Waals surface area contributed by atoms with Gasteiger partial charge >= 0.3 is 0 Å². The normalized spacial score (nSPS) is 29.2. The first kappa shape index (κ1) is 19.5.